The predicted molar refractivity (Wildman–Crippen MR) is 50.3 cm³/mol. The first-order chi connectivity index (χ1) is 7.09. The maximum absolute atomic E-state index is 10.7. The highest BCUT2D eigenvalue weighted by atomic mass is 16.4. The van der Waals surface area contributed by atoms with Crippen molar-refractivity contribution in [3.8, 4) is 0 Å². The number of aliphatic imine (C=N–C) groups is 1. The van der Waals surface area contributed by atoms with Gasteiger partial charge in [0.15, 0.2) is 5.71 Å². The van der Waals surface area contributed by atoms with Crippen molar-refractivity contribution in [3.05, 3.63) is 11.8 Å². The first-order valence-corrected chi connectivity index (χ1v) is 3.98. The van der Waals surface area contributed by atoms with Crippen LogP contribution in [0.1, 0.15) is 6.42 Å². The molecule has 0 aliphatic carbocycles. The number of hydrogen-bond donors (Lipinski definition) is 2. The molecule has 0 spiro atoms. The largest absolute Gasteiger partial charge is 0.477 e. The van der Waals surface area contributed by atoms with Gasteiger partial charge in [-0.1, -0.05) is 0 Å². The van der Waals surface area contributed by atoms with Gasteiger partial charge in [-0.25, -0.2) is 9.59 Å². The summed E-state index contributed by atoms with van der Waals surface area (Å²) < 4.78 is 0. The van der Waals surface area contributed by atoms with Crippen LogP contribution >= 0.6 is 0 Å². The first-order valence-electron chi connectivity index (χ1n) is 3.98. The quantitative estimate of drug-likeness (QED) is 0.646. The van der Waals surface area contributed by atoms with Crippen LogP contribution in [0.25, 0.3) is 0 Å². The maximum Gasteiger partial charge on any atom is 0.357 e. The molecule has 7 nitrogen and oxygen atoms in total. The molecule has 0 radical (unpaired) electrons. The fourth-order valence-corrected chi connectivity index (χ4v) is 1.26. The van der Waals surface area contributed by atoms with Gasteiger partial charge in [0.25, 0.3) is 0 Å². The molecule has 2 rings (SSSR count). The fourth-order valence-electron chi connectivity index (χ4n) is 1.26. The second kappa shape index (κ2) is 3.12. The lowest BCUT2D eigenvalue weighted by atomic mass is 10.00. The third-order valence-corrected chi connectivity index (χ3v) is 1.97. The smallest absolute Gasteiger partial charge is 0.357 e. The van der Waals surface area contributed by atoms with Gasteiger partial charge in [0.1, 0.15) is 5.71 Å². The van der Waals surface area contributed by atoms with Gasteiger partial charge in [-0.15, -0.1) is 5.10 Å². The highest BCUT2D eigenvalue weighted by Gasteiger charge is 2.30. The molecule has 0 saturated carbocycles. The average Bonchev–Trinajstić information content (AvgIpc) is 2.59. The number of aliphatic carboxylic acids is 2. The molecule has 0 fully saturated rings. The summed E-state index contributed by atoms with van der Waals surface area (Å²) >= 11 is 0. The third-order valence-electron chi connectivity index (χ3n) is 1.97. The Hall–Kier alpha value is -2.31. The van der Waals surface area contributed by atoms with Crippen molar-refractivity contribution in [2.75, 3.05) is 0 Å². The van der Waals surface area contributed by atoms with Gasteiger partial charge in [-0.3, -0.25) is 4.99 Å². The summed E-state index contributed by atoms with van der Waals surface area (Å²) in [7, 11) is 0. The Morgan fingerprint density at radius 2 is 1.93 bits per heavy atom. The SMILES string of the molecule is O=C(O)C1=NC=C2C(=NN=C2C(=O)O)C1. The van der Waals surface area contributed by atoms with Crippen LogP contribution in [0.4, 0.5) is 0 Å². The van der Waals surface area contributed by atoms with E-state index in [9.17, 15) is 9.59 Å². The van der Waals surface area contributed by atoms with E-state index in [4.69, 9.17) is 10.2 Å². The summed E-state index contributed by atoms with van der Waals surface area (Å²) in [5, 5.41) is 24.4. The number of rotatable bonds is 2. The van der Waals surface area contributed by atoms with E-state index in [0.29, 0.717) is 5.71 Å². The fraction of sp³-hybridized carbons (Fsp3) is 0.125. The number of carbonyl (C=O) groups is 2. The lowest BCUT2D eigenvalue weighted by Crippen LogP contribution is -2.25. The lowest BCUT2D eigenvalue weighted by molar-refractivity contribution is -0.130. The van der Waals surface area contributed by atoms with Crippen LogP contribution in [0, 0.1) is 0 Å². The molecule has 0 unspecified atom stereocenters. The minimum Gasteiger partial charge on any atom is -0.477 e. The Balaban J connectivity index is 2.35. The summed E-state index contributed by atoms with van der Waals surface area (Å²) in [5.41, 5.74) is 0.352. The van der Waals surface area contributed by atoms with Crippen LogP contribution in [0.2, 0.25) is 0 Å². The van der Waals surface area contributed by atoms with Crippen LogP contribution in [0.15, 0.2) is 27.0 Å². The number of fused-ring (bicyclic) bond motifs is 1. The number of carboxylic acids is 2. The molecule has 7 heteroatoms. The van der Waals surface area contributed by atoms with Gasteiger partial charge in [0, 0.05) is 12.6 Å². The van der Waals surface area contributed by atoms with E-state index in [1.165, 1.54) is 6.20 Å². The predicted octanol–water partition coefficient (Wildman–Crippen LogP) is -0.305. The number of nitrogens with zero attached hydrogens (tertiary/aromatic N) is 3. The first kappa shape index (κ1) is 9.25. The van der Waals surface area contributed by atoms with Crippen LogP contribution in [0.3, 0.4) is 0 Å². The van der Waals surface area contributed by atoms with E-state index in [1.807, 2.05) is 0 Å². The molecule has 0 saturated heterocycles. The molecule has 0 amide bonds. The van der Waals surface area contributed by atoms with E-state index in [0.717, 1.165) is 0 Å². The van der Waals surface area contributed by atoms with Crippen molar-refractivity contribution >= 4 is 29.1 Å². The second-order valence-electron chi connectivity index (χ2n) is 2.90. The minimum atomic E-state index is -1.20. The van der Waals surface area contributed by atoms with Gasteiger partial charge in [0.05, 0.1) is 11.3 Å². The second-order valence-corrected chi connectivity index (χ2v) is 2.90. The Labute approximate surface area is 83.2 Å². The number of carboxylic acid groups (broad SMARTS) is 2. The molecule has 2 aliphatic rings. The van der Waals surface area contributed by atoms with Crippen LogP contribution in [-0.4, -0.2) is 39.3 Å². The highest BCUT2D eigenvalue weighted by molar-refractivity contribution is 6.54. The standard InChI is InChI=1S/C8H5N3O4/c12-7(13)5-1-4-3(2-9-5)6(8(14)15)11-10-4/h2H,1H2,(H,12,13)(H,14,15). The molecule has 2 N–H and O–H groups in total. The topological polar surface area (TPSA) is 112 Å². The highest BCUT2D eigenvalue weighted by Crippen LogP contribution is 2.18. The third kappa shape index (κ3) is 1.43. The summed E-state index contributed by atoms with van der Waals surface area (Å²) in [4.78, 5) is 24.9. The van der Waals surface area contributed by atoms with Crippen molar-refractivity contribution in [2.24, 2.45) is 15.2 Å². The van der Waals surface area contributed by atoms with E-state index >= 15 is 0 Å². The molecule has 0 aromatic rings. The molecule has 0 bridgehead atoms. The van der Waals surface area contributed by atoms with Crippen molar-refractivity contribution in [3.63, 3.8) is 0 Å². The van der Waals surface area contributed by atoms with Crippen molar-refractivity contribution < 1.29 is 19.8 Å². The summed E-state index contributed by atoms with van der Waals surface area (Å²) in [6, 6.07) is 0. The average molecular weight is 207 g/mol. The molecular weight excluding hydrogens is 202 g/mol. The maximum atomic E-state index is 10.7. The molecule has 2 heterocycles. The molecule has 76 valence electrons. The molecule has 0 aromatic carbocycles. The Morgan fingerprint density at radius 3 is 2.53 bits per heavy atom. The molecule has 15 heavy (non-hydrogen) atoms. The summed E-state index contributed by atoms with van der Waals surface area (Å²) in [6.07, 6.45) is 1.17. The Kier molecular flexibility index (Phi) is 1.93. The van der Waals surface area contributed by atoms with Gasteiger partial charge in [-0.05, 0) is 0 Å². The van der Waals surface area contributed by atoms with Gasteiger partial charge in [0.2, 0.25) is 0 Å². The zero-order chi connectivity index (χ0) is 11.0. The molecular formula is C8H5N3O4. The molecule has 0 atom stereocenters. The summed E-state index contributed by atoms with van der Waals surface area (Å²) in [6.45, 7) is 0. The van der Waals surface area contributed by atoms with Crippen molar-refractivity contribution in [1.29, 1.82) is 0 Å². The minimum absolute atomic E-state index is 0.00144. The Morgan fingerprint density at radius 1 is 1.20 bits per heavy atom. The van der Waals surface area contributed by atoms with E-state index in [-0.39, 0.29) is 23.4 Å². The molecule has 2 aliphatic heterocycles. The monoisotopic (exact) mass is 207 g/mol. The van der Waals surface area contributed by atoms with Gasteiger partial charge >= 0.3 is 11.9 Å². The van der Waals surface area contributed by atoms with E-state index < -0.39 is 11.9 Å². The van der Waals surface area contributed by atoms with Crippen LogP contribution in [0.5, 0.6) is 0 Å². The number of hydrogen-bond acceptors (Lipinski definition) is 5. The van der Waals surface area contributed by atoms with Gasteiger partial charge < -0.3 is 10.2 Å². The van der Waals surface area contributed by atoms with Crippen LogP contribution in [-0.2, 0) is 9.59 Å². The Bertz CT molecular complexity index is 484. The van der Waals surface area contributed by atoms with Crippen molar-refractivity contribution in [2.45, 2.75) is 6.42 Å². The van der Waals surface area contributed by atoms with Crippen LogP contribution < -0.4 is 0 Å². The van der Waals surface area contributed by atoms with E-state index in [1.54, 1.807) is 0 Å². The summed E-state index contributed by atoms with van der Waals surface area (Å²) in [5.74, 6) is -2.34. The van der Waals surface area contributed by atoms with E-state index in [2.05, 4.69) is 15.2 Å². The van der Waals surface area contributed by atoms with Gasteiger partial charge in [-0.2, -0.15) is 5.10 Å². The van der Waals surface area contributed by atoms with Crippen molar-refractivity contribution in [1.82, 2.24) is 0 Å². The zero-order valence-corrected chi connectivity index (χ0v) is 7.34. The normalized spacial score (nSPS) is 18.4. The molecule has 0 aromatic heterocycles. The zero-order valence-electron chi connectivity index (χ0n) is 7.34. The lowest BCUT2D eigenvalue weighted by Gasteiger charge is -2.07.